The fourth-order valence-corrected chi connectivity index (χ4v) is 4.47. The molecule has 1 N–H and O–H groups in total. The number of imide groups is 1. The second-order valence-electron chi connectivity index (χ2n) is 7.89. The lowest BCUT2D eigenvalue weighted by Gasteiger charge is -2.37. The van der Waals surface area contributed by atoms with Gasteiger partial charge in [-0.25, -0.2) is 4.79 Å². The highest BCUT2D eigenvalue weighted by molar-refractivity contribution is 6.03. The summed E-state index contributed by atoms with van der Waals surface area (Å²) in [6.45, 7) is 3.32. The van der Waals surface area contributed by atoms with Crippen LogP contribution in [0.1, 0.15) is 18.4 Å². The van der Waals surface area contributed by atoms with Gasteiger partial charge in [0.25, 0.3) is 0 Å². The molecular weight excluding hydrogens is 360 g/mol. The van der Waals surface area contributed by atoms with Crippen molar-refractivity contribution in [1.82, 2.24) is 20.0 Å². The molecule has 0 radical (unpaired) electrons. The van der Waals surface area contributed by atoms with Crippen molar-refractivity contribution >= 4 is 17.8 Å². The van der Waals surface area contributed by atoms with Crippen LogP contribution >= 0.6 is 0 Å². The maximum Gasteiger partial charge on any atom is 0.325 e. The first-order valence-electron chi connectivity index (χ1n) is 9.75. The van der Waals surface area contributed by atoms with E-state index in [0.717, 1.165) is 44.8 Å². The van der Waals surface area contributed by atoms with E-state index in [9.17, 15) is 14.4 Å². The number of benzene rings is 1. The lowest BCUT2D eigenvalue weighted by molar-refractivity contribution is -0.135. The predicted molar refractivity (Wildman–Crippen MR) is 102 cm³/mol. The Kier molecular flexibility index (Phi) is 5.21. The second-order valence-corrected chi connectivity index (χ2v) is 7.89. The Morgan fingerprint density at radius 1 is 1.14 bits per heavy atom. The van der Waals surface area contributed by atoms with Gasteiger partial charge in [0.2, 0.25) is 11.8 Å². The second kappa shape index (κ2) is 7.79. The van der Waals surface area contributed by atoms with Crippen LogP contribution in [-0.2, 0) is 16.1 Å². The van der Waals surface area contributed by atoms with Crippen LogP contribution in [0.2, 0.25) is 0 Å². The third kappa shape index (κ3) is 3.96. The van der Waals surface area contributed by atoms with E-state index in [2.05, 4.69) is 22.3 Å². The Morgan fingerprint density at radius 2 is 1.93 bits per heavy atom. The fourth-order valence-electron chi connectivity index (χ4n) is 4.47. The van der Waals surface area contributed by atoms with Gasteiger partial charge >= 0.3 is 6.03 Å². The van der Waals surface area contributed by atoms with E-state index in [0.29, 0.717) is 5.92 Å². The number of piperidine rings is 1. The van der Waals surface area contributed by atoms with Gasteiger partial charge in [-0.3, -0.25) is 19.8 Å². The Balaban J connectivity index is 1.39. The van der Waals surface area contributed by atoms with Gasteiger partial charge in [-0.05, 0) is 36.5 Å². The van der Waals surface area contributed by atoms with Crippen LogP contribution in [0, 0.1) is 5.92 Å². The number of urea groups is 1. The molecule has 8 nitrogen and oxygen atoms in total. The summed E-state index contributed by atoms with van der Waals surface area (Å²) in [5.74, 6) is 0.877. The van der Waals surface area contributed by atoms with Crippen molar-refractivity contribution in [2.75, 3.05) is 39.8 Å². The highest BCUT2D eigenvalue weighted by Crippen LogP contribution is 2.29. The molecule has 0 aliphatic carbocycles. The van der Waals surface area contributed by atoms with Crippen LogP contribution in [0.4, 0.5) is 4.79 Å². The zero-order valence-corrected chi connectivity index (χ0v) is 16.1. The third-order valence-corrected chi connectivity index (χ3v) is 5.87. The van der Waals surface area contributed by atoms with E-state index >= 15 is 0 Å². The van der Waals surface area contributed by atoms with Gasteiger partial charge in [0.05, 0.1) is 7.11 Å². The molecule has 4 aliphatic heterocycles. The summed E-state index contributed by atoms with van der Waals surface area (Å²) in [7, 11) is 1.66. The van der Waals surface area contributed by atoms with Crippen molar-refractivity contribution in [2.45, 2.75) is 25.4 Å². The first kappa shape index (κ1) is 18.7. The molecule has 0 aromatic heterocycles. The number of amides is 4. The first-order valence-corrected chi connectivity index (χ1v) is 9.75. The topological polar surface area (TPSA) is 82.2 Å². The molecule has 4 fully saturated rings. The Labute approximate surface area is 164 Å². The number of fused-ring (bicyclic) bond motifs is 4. The van der Waals surface area contributed by atoms with Crippen LogP contribution < -0.4 is 10.1 Å². The molecule has 4 heterocycles. The van der Waals surface area contributed by atoms with Crippen LogP contribution in [0.25, 0.3) is 0 Å². The number of carbonyl (C=O) groups excluding carboxylic acids is 3. The maximum atomic E-state index is 12.8. The molecular formula is C20H26N4O4. The molecule has 1 aromatic carbocycles. The van der Waals surface area contributed by atoms with E-state index < -0.39 is 6.03 Å². The minimum absolute atomic E-state index is 0.0285. The van der Waals surface area contributed by atoms with Crippen molar-refractivity contribution in [3.63, 3.8) is 0 Å². The van der Waals surface area contributed by atoms with Gasteiger partial charge in [-0.1, -0.05) is 12.1 Å². The molecule has 4 saturated heterocycles. The average molecular weight is 386 g/mol. The highest BCUT2D eigenvalue weighted by atomic mass is 16.5. The minimum Gasteiger partial charge on any atom is -0.497 e. The zero-order valence-electron chi connectivity index (χ0n) is 16.1. The molecule has 0 spiro atoms. The van der Waals surface area contributed by atoms with E-state index in [4.69, 9.17) is 4.74 Å². The standard InChI is InChI=1S/C20H26N4O4/c1-28-17-6-3-14(4-7-17)8-22-9-15-2-5-16(11-22)24(10-15)19(26)13-23-12-18(25)21-20(23)27/h3-4,6-7,15-16H,2,5,8-13H2,1H3,(H,21,25,27)/t15-,16+/m1/s1. The molecule has 150 valence electrons. The number of hydrogen-bond acceptors (Lipinski definition) is 5. The molecule has 2 atom stereocenters. The third-order valence-electron chi connectivity index (χ3n) is 5.87. The molecule has 0 unspecified atom stereocenters. The summed E-state index contributed by atoms with van der Waals surface area (Å²) in [5, 5.41) is 2.22. The first-order chi connectivity index (χ1) is 13.5. The van der Waals surface area contributed by atoms with Gasteiger partial charge in [0, 0.05) is 32.2 Å². The van der Waals surface area contributed by atoms with Crippen molar-refractivity contribution in [2.24, 2.45) is 5.92 Å². The SMILES string of the molecule is COc1ccc(CN2C[C@H]3CC[C@@H](C2)N(C(=O)CN2CC(=O)NC2=O)C3)cc1. The van der Waals surface area contributed by atoms with Crippen molar-refractivity contribution in [1.29, 1.82) is 0 Å². The quantitative estimate of drug-likeness (QED) is 0.753. The number of methoxy groups -OCH3 is 1. The lowest BCUT2D eigenvalue weighted by Crippen LogP contribution is -2.51. The largest absolute Gasteiger partial charge is 0.497 e. The molecule has 28 heavy (non-hydrogen) atoms. The van der Waals surface area contributed by atoms with Crippen LogP contribution in [0.5, 0.6) is 5.75 Å². The summed E-state index contributed by atoms with van der Waals surface area (Å²) in [4.78, 5) is 41.6. The zero-order chi connectivity index (χ0) is 19.7. The minimum atomic E-state index is -0.473. The van der Waals surface area contributed by atoms with Crippen molar-refractivity contribution in [3.05, 3.63) is 29.8 Å². The summed E-state index contributed by atoms with van der Waals surface area (Å²) in [6.07, 6.45) is 2.11. The van der Waals surface area contributed by atoms with E-state index in [1.54, 1.807) is 7.11 Å². The Hall–Kier alpha value is -2.61. The van der Waals surface area contributed by atoms with Crippen LogP contribution in [-0.4, -0.2) is 78.4 Å². The summed E-state index contributed by atoms with van der Waals surface area (Å²) < 4.78 is 5.22. The average Bonchev–Trinajstić information content (AvgIpc) is 2.85. The monoisotopic (exact) mass is 386 g/mol. The summed E-state index contributed by atoms with van der Waals surface area (Å²) >= 11 is 0. The van der Waals surface area contributed by atoms with E-state index in [-0.39, 0.29) is 30.9 Å². The number of ether oxygens (including phenoxy) is 1. The number of rotatable bonds is 5. The predicted octanol–water partition coefficient (Wildman–Crippen LogP) is 0.670. The molecule has 0 saturated carbocycles. The van der Waals surface area contributed by atoms with Gasteiger partial charge < -0.3 is 14.5 Å². The summed E-state index contributed by atoms with van der Waals surface area (Å²) in [6, 6.07) is 7.79. The molecule has 4 aliphatic rings. The number of nitrogens with one attached hydrogen (secondary N) is 1. The van der Waals surface area contributed by atoms with Gasteiger partial charge in [0.1, 0.15) is 18.8 Å². The van der Waals surface area contributed by atoms with Crippen LogP contribution in [0.3, 0.4) is 0 Å². The van der Waals surface area contributed by atoms with E-state index in [1.807, 2.05) is 17.0 Å². The van der Waals surface area contributed by atoms with Gasteiger partial charge in [0.15, 0.2) is 0 Å². The van der Waals surface area contributed by atoms with Crippen molar-refractivity contribution < 1.29 is 19.1 Å². The number of hydrogen-bond donors (Lipinski definition) is 1. The highest BCUT2D eigenvalue weighted by Gasteiger charge is 2.38. The maximum absolute atomic E-state index is 12.8. The number of nitrogens with zero attached hydrogens (tertiary/aromatic N) is 3. The molecule has 1 aromatic rings. The Bertz CT molecular complexity index is 766. The van der Waals surface area contributed by atoms with E-state index in [1.165, 1.54) is 10.5 Å². The molecule has 4 amide bonds. The Morgan fingerprint density at radius 3 is 2.61 bits per heavy atom. The number of carbonyl (C=O) groups is 3. The molecule has 5 rings (SSSR count). The lowest BCUT2D eigenvalue weighted by atomic mass is 9.95. The molecule has 2 bridgehead atoms. The summed E-state index contributed by atoms with van der Waals surface area (Å²) in [5.41, 5.74) is 1.23. The van der Waals surface area contributed by atoms with Crippen LogP contribution in [0.15, 0.2) is 24.3 Å². The van der Waals surface area contributed by atoms with Gasteiger partial charge in [-0.2, -0.15) is 0 Å². The van der Waals surface area contributed by atoms with Gasteiger partial charge in [-0.15, -0.1) is 0 Å². The van der Waals surface area contributed by atoms with Crippen molar-refractivity contribution in [3.8, 4) is 5.75 Å². The normalized spacial score (nSPS) is 25.0. The fraction of sp³-hybridized carbons (Fsp3) is 0.550. The smallest absolute Gasteiger partial charge is 0.325 e. The molecule has 8 heteroatoms.